The van der Waals surface area contributed by atoms with Gasteiger partial charge in [0.1, 0.15) is 0 Å². The molecule has 1 heteroatoms. The van der Waals surface area contributed by atoms with Gasteiger partial charge < -0.3 is 4.90 Å². The average Bonchev–Trinajstić information content (AvgIpc) is 3.43. The number of anilines is 3. The van der Waals surface area contributed by atoms with E-state index in [2.05, 4.69) is 191 Å². The van der Waals surface area contributed by atoms with Gasteiger partial charge in [0.15, 0.2) is 0 Å². The third-order valence-electron chi connectivity index (χ3n) is 12.2. The molecule has 0 aliphatic heterocycles. The molecule has 51 heavy (non-hydrogen) atoms. The molecule has 0 saturated heterocycles. The standard InChI is InChI=1S/C50H53N/c1-30-25-32(47(3,4)5)21-23-43(30)51(44-24-22-33(26-31(44)2)48(6,7)8)45-29-42-46(36-19-14-13-18-35(36)45)38-28-40-37(27-41(38)50(42,11)12)34-17-15-16-20-39(34)49(40,9)10/h13-29H,1-12H3. The summed E-state index contributed by atoms with van der Waals surface area (Å²) < 4.78 is 0. The first-order valence-electron chi connectivity index (χ1n) is 18.8. The number of aryl methyl sites for hydroxylation is 2. The van der Waals surface area contributed by atoms with Crippen molar-refractivity contribution in [3.8, 4) is 22.3 Å². The third-order valence-corrected chi connectivity index (χ3v) is 12.2. The van der Waals surface area contributed by atoms with Crippen LogP contribution in [0.15, 0.2) is 103 Å². The van der Waals surface area contributed by atoms with E-state index in [-0.39, 0.29) is 21.7 Å². The Morgan fingerprint density at radius 1 is 0.431 bits per heavy atom. The molecule has 0 amide bonds. The van der Waals surface area contributed by atoms with Crippen molar-refractivity contribution in [2.24, 2.45) is 0 Å². The van der Waals surface area contributed by atoms with Crippen molar-refractivity contribution in [1.82, 2.24) is 0 Å². The number of hydrogen-bond donors (Lipinski definition) is 0. The molecular formula is C50H53N. The van der Waals surface area contributed by atoms with Crippen molar-refractivity contribution < 1.29 is 0 Å². The van der Waals surface area contributed by atoms with Gasteiger partial charge in [-0.05, 0) is 127 Å². The average molecular weight is 668 g/mol. The quantitative estimate of drug-likeness (QED) is 0.182. The molecule has 0 saturated carbocycles. The van der Waals surface area contributed by atoms with E-state index >= 15 is 0 Å². The lowest BCUT2D eigenvalue weighted by Crippen LogP contribution is -2.19. The van der Waals surface area contributed by atoms with Crippen LogP contribution in [0.3, 0.4) is 0 Å². The first kappa shape index (κ1) is 33.5. The van der Waals surface area contributed by atoms with Crippen LogP contribution in [0.2, 0.25) is 0 Å². The van der Waals surface area contributed by atoms with Crippen LogP contribution >= 0.6 is 0 Å². The number of fused-ring (bicyclic) bond motifs is 8. The van der Waals surface area contributed by atoms with E-state index in [9.17, 15) is 0 Å². The normalized spacial score (nSPS) is 15.4. The maximum atomic E-state index is 2.56. The topological polar surface area (TPSA) is 3.24 Å². The van der Waals surface area contributed by atoms with Crippen LogP contribution in [0.25, 0.3) is 33.0 Å². The number of hydrogen-bond acceptors (Lipinski definition) is 1. The largest absolute Gasteiger partial charge is 0.309 e. The minimum Gasteiger partial charge on any atom is -0.309 e. The van der Waals surface area contributed by atoms with Crippen molar-refractivity contribution in [2.75, 3.05) is 4.90 Å². The van der Waals surface area contributed by atoms with Crippen LogP contribution in [0.4, 0.5) is 17.1 Å². The van der Waals surface area contributed by atoms with Crippen molar-refractivity contribution in [2.45, 2.75) is 105 Å². The molecule has 2 aliphatic rings. The van der Waals surface area contributed by atoms with E-state index in [1.807, 2.05) is 0 Å². The van der Waals surface area contributed by atoms with E-state index < -0.39 is 0 Å². The Morgan fingerprint density at radius 2 is 0.922 bits per heavy atom. The molecule has 258 valence electrons. The highest BCUT2D eigenvalue weighted by Gasteiger charge is 2.43. The van der Waals surface area contributed by atoms with Crippen molar-refractivity contribution >= 4 is 27.8 Å². The Balaban J connectivity index is 1.42. The second-order valence-corrected chi connectivity index (χ2v) is 18.4. The molecule has 0 spiro atoms. The Kier molecular flexibility index (Phi) is 7.19. The Labute approximate surface area is 306 Å². The summed E-state index contributed by atoms with van der Waals surface area (Å²) in [5.41, 5.74) is 20.1. The zero-order valence-corrected chi connectivity index (χ0v) is 32.8. The molecule has 0 unspecified atom stereocenters. The first-order chi connectivity index (χ1) is 23.9. The minimum atomic E-state index is -0.178. The summed E-state index contributed by atoms with van der Waals surface area (Å²) in [4.78, 5) is 2.56. The summed E-state index contributed by atoms with van der Waals surface area (Å²) in [5, 5.41) is 2.60. The minimum absolute atomic E-state index is 0.0477. The first-order valence-corrected chi connectivity index (χ1v) is 18.8. The highest BCUT2D eigenvalue weighted by atomic mass is 15.1. The molecule has 1 nitrogen and oxygen atoms in total. The Bertz CT molecular complexity index is 2340. The number of rotatable bonds is 3. The lowest BCUT2D eigenvalue weighted by Gasteiger charge is -2.33. The van der Waals surface area contributed by atoms with Gasteiger partial charge in [-0.25, -0.2) is 0 Å². The summed E-state index contributed by atoms with van der Waals surface area (Å²) in [6.07, 6.45) is 0. The van der Waals surface area contributed by atoms with Gasteiger partial charge in [0.25, 0.3) is 0 Å². The second-order valence-electron chi connectivity index (χ2n) is 18.4. The molecular weight excluding hydrogens is 615 g/mol. The zero-order chi connectivity index (χ0) is 36.4. The fourth-order valence-corrected chi connectivity index (χ4v) is 9.08. The van der Waals surface area contributed by atoms with E-state index in [4.69, 9.17) is 0 Å². The van der Waals surface area contributed by atoms with Gasteiger partial charge >= 0.3 is 0 Å². The van der Waals surface area contributed by atoms with Gasteiger partial charge in [-0.1, -0.05) is 142 Å². The van der Waals surface area contributed by atoms with Crippen molar-refractivity contribution in [3.63, 3.8) is 0 Å². The molecule has 0 fully saturated rings. The van der Waals surface area contributed by atoms with Crippen molar-refractivity contribution in [1.29, 1.82) is 0 Å². The smallest absolute Gasteiger partial charge is 0.0543 e. The summed E-state index contributed by atoms with van der Waals surface area (Å²) in [6, 6.07) is 40.0. The lowest BCUT2D eigenvalue weighted by atomic mass is 9.79. The molecule has 0 atom stereocenters. The van der Waals surface area contributed by atoms with Gasteiger partial charge in [0.05, 0.1) is 5.69 Å². The van der Waals surface area contributed by atoms with Gasteiger partial charge in [-0.3, -0.25) is 0 Å². The SMILES string of the molecule is Cc1cc(C(C)(C)C)ccc1N(c1ccc(C(C)(C)C)cc1C)c1cc2c(c3ccccc13)-c1cc3c(cc1C2(C)C)-c1ccccc1C3(C)C. The molecule has 6 aromatic rings. The Morgan fingerprint density at radius 3 is 1.49 bits per heavy atom. The maximum absolute atomic E-state index is 2.56. The summed E-state index contributed by atoms with van der Waals surface area (Å²) in [5.74, 6) is 0. The second kappa shape index (κ2) is 10.9. The predicted octanol–water partition coefficient (Wildman–Crippen LogP) is 14.1. The fraction of sp³-hybridized carbons (Fsp3) is 0.320. The van der Waals surface area contributed by atoms with E-state index in [0.717, 1.165) is 0 Å². The molecule has 0 N–H and O–H groups in total. The molecule has 0 bridgehead atoms. The van der Waals surface area contributed by atoms with Crippen LogP contribution in [-0.2, 0) is 21.7 Å². The molecule has 2 aliphatic carbocycles. The van der Waals surface area contributed by atoms with E-state index in [1.165, 1.54) is 94.6 Å². The fourth-order valence-electron chi connectivity index (χ4n) is 9.08. The predicted molar refractivity (Wildman–Crippen MR) is 221 cm³/mol. The van der Waals surface area contributed by atoms with E-state index in [1.54, 1.807) is 0 Å². The van der Waals surface area contributed by atoms with Gasteiger partial charge in [-0.15, -0.1) is 0 Å². The van der Waals surface area contributed by atoms with Crippen LogP contribution in [0.5, 0.6) is 0 Å². The van der Waals surface area contributed by atoms with Crippen LogP contribution in [0.1, 0.15) is 114 Å². The van der Waals surface area contributed by atoms with Crippen LogP contribution < -0.4 is 4.90 Å². The third kappa shape index (κ3) is 4.95. The number of nitrogens with zero attached hydrogens (tertiary/aromatic N) is 1. The summed E-state index contributed by atoms with van der Waals surface area (Å²) in [7, 11) is 0. The van der Waals surface area contributed by atoms with Crippen LogP contribution in [-0.4, -0.2) is 0 Å². The molecule has 0 radical (unpaired) electrons. The summed E-state index contributed by atoms with van der Waals surface area (Å²) in [6.45, 7) is 28.0. The molecule has 6 aromatic carbocycles. The highest BCUT2D eigenvalue weighted by Crippen LogP contribution is 2.59. The van der Waals surface area contributed by atoms with E-state index in [0.29, 0.717) is 0 Å². The van der Waals surface area contributed by atoms with Crippen molar-refractivity contribution in [3.05, 3.63) is 148 Å². The van der Waals surface area contributed by atoms with Crippen LogP contribution in [0, 0.1) is 13.8 Å². The molecule has 0 heterocycles. The molecule has 0 aromatic heterocycles. The highest BCUT2D eigenvalue weighted by molar-refractivity contribution is 6.10. The molecule has 8 rings (SSSR count). The Hall–Kier alpha value is -4.62. The zero-order valence-electron chi connectivity index (χ0n) is 32.8. The maximum Gasteiger partial charge on any atom is 0.0543 e. The van der Waals surface area contributed by atoms with Gasteiger partial charge in [0, 0.05) is 27.6 Å². The van der Waals surface area contributed by atoms with Gasteiger partial charge in [0.2, 0.25) is 0 Å². The van der Waals surface area contributed by atoms with Gasteiger partial charge in [-0.2, -0.15) is 0 Å². The number of benzene rings is 6. The lowest BCUT2D eigenvalue weighted by molar-refractivity contribution is 0.590. The monoisotopic (exact) mass is 667 g/mol. The summed E-state index contributed by atoms with van der Waals surface area (Å²) >= 11 is 0.